The number of benzene rings is 1. The van der Waals surface area contributed by atoms with Gasteiger partial charge in [-0.25, -0.2) is 0 Å². The Morgan fingerprint density at radius 1 is 1.13 bits per heavy atom. The van der Waals surface area contributed by atoms with Crippen molar-refractivity contribution in [3.63, 3.8) is 0 Å². The van der Waals surface area contributed by atoms with Crippen molar-refractivity contribution in [1.82, 2.24) is 9.78 Å². The molecule has 1 heterocycles. The number of rotatable bonds is 7. The van der Waals surface area contributed by atoms with E-state index in [0.29, 0.717) is 28.5 Å². The number of ether oxygens (including phenoxy) is 3. The van der Waals surface area contributed by atoms with Crippen LogP contribution in [0.4, 0.5) is 0 Å². The maximum Gasteiger partial charge on any atom is 0.206 e. The van der Waals surface area contributed by atoms with Gasteiger partial charge in [-0.05, 0) is 37.3 Å². The molecular weight excluding hydrogens is 296 g/mol. The van der Waals surface area contributed by atoms with Gasteiger partial charge in [0.1, 0.15) is 5.69 Å². The molecule has 0 amide bonds. The maximum absolute atomic E-state index is 12.2. The standard InChI is InChI=1S/C17H20N2O4/c1-5-19-11-10-13(18-19)14(20)8-6-12-7-9-15(21-2)17(23-4)16(12)22-3/h6-11H,5H2,1-4H3/b8-6+. The van der Waals surface area contributed by atoms with Crippen molar-refractivity contribution in [2.24, 2.45) is 0 Å². The van der Waals surface area contributed by atoms with Crippen LogP contribution >= 0.6 is 0 Å². The van der Waals surface area contributed by atoms with Crippen molar-refractivity contribution in [3.8, 4) is 17.2 Å². The van der Waals surface area contributed by atoms with E-state index in [1.165, 1.54) is 13.2 Å². The Hall–Kier alpha value is -2.76. The van der Waals surface area contributed by atoms with E-state index in [1.54, 1.807) is 49.4 Å². The Morgan fingerprint density at radius 3 is 2.43 bits per heavy atom. The molecule has 0 unspecified atom stereocenters. The second-order valence-corrected chi connectivity index (χ2v) is 4.68. The molecule has 0 aliphatic heterocycles. The van der Waals surface area contributed by atoms with Gasteiger partial charge in [0.25, 0.3) is 0 Å². The highest BCUT2D eigenvalue weighted by molar-refractivity contribution is 6.05. The lowest BCUT2D eigenvalue weighted by Gasteiger charge is -2.13. The molecule has 6 heteroatoms. The molecule has 0 radical (unpaired) electrons. The molecule has 1 aromatic carbocycles. The molecule has 0 N–H and O–H groups in total. The quantitative estimate of drug-likeness (QED) is 0.580. The van der Waals surface area contributed by atoms with E-state index in [-0.39, 0.29) is 5.78 Å². The fraction of sp³-hybridized carbons (Fsp3) is 0.294. The minimum Gasteiger partial charge on any atom is -0.493 e. The molecule has 0 saturated carbocycles. The Labute approximate surface area is 135 Å². The lowest BCUT2D eigenvalue weighted by Crippen LogP contribution is -2.00. The molecule has 2 rings (SSSR count). The van der Waals surface area contributed by atoms with Crippen molar-refractivity contribution < 1.29 is 19.0 Å². The summed E-state index contributed by atoms with van der Waals surface area (Å²) in [4.78, 5) is 12.2. The lowest BCUT2D eigenvalue weighted by molar-refractivity contribution is 0.104. The minimum atomic E-state index is -0.172. The summed E-state index contributed by atoms with van der Waals surface area (Å²) >= 11 is 0. The molecule has 0 bridgehead atoms. The molecule has 23 heavy (non-hydrogen) atoms. The van der Waals surface area contributed by atoms with Crippen LogP contribution in [-0.4, -0.2) is 36.9 Å². The van der Waals surface area contributed by atoms with Gasteiger partial charge in [0.05, 0.1) is 21.3 Å². The molecular formula is C17H20N2O4. The van der Waals surface area contributed by atoms with E-state index in [2.05, 4.69) is 5.10 Å². The molecule has 0 atom stereocenters. The highest BCUT2D eigenvalue weighted by atomic mass is 16.5. The number of carbonyl (C=O) groups is 1. The summed E-state index contributed by atoms with van der Waals surface area (Å²) in [5.41, 5.74) is 1.12. The van der Waals surface area contributed by atoms with Crippen LogP contribution in [0.1, 0.15) is 23.0 Å². The molecule has 1 aromatic heterocycles. The number of carbonyl (C=O) groups excluding carboxylic acids is 1. The number of nitrogens with zero attached hydrogens (tertiary/aromatic N) is 2. The lowest BCUT2D eigenvalue weighted by atomic mass is 10.1. The largest absolute Gasteiger partial charge is 0.493 e. The van der Waals surface area contributed by atoms with Crippen molar-refractivity contribution >= 4 is 11.9 Å². The third-order valence-electron chi connectivity index (χ3n) is 3.37. The van der Waals surface area contributed by atoms with Gasteiger partial charge in [-0.1, -0.05) is 0 Å². The van der Waals surface area contributed by atoms with Gasteiger partial charge in [-0.3, -0.25) is 9.48 Å². The average Bonchev–Trinajstić information content (AvgIpc) is 3.07. The predicted molar refractivity (Wildman–Crippen MR) is 87.4 cm³/mol. The second-order valence-electron chi connectivity index (χ2n) is 4.68. The SMILES string of the molecule is CCn1ccc(C(=O)/C=C/c2ccc(OC)c(OC)c2OC)n1. The number of aromatic nitrogens is 2. The highest BCUT2D eigenvalue weighted by Gasteiger charge is 2.14. The Balaban J connectivity index is 2.30. The van der Waals surface area contributed by atoms with Gasteiger partial charge in [-0.2, -0.15) is 5.10 Å². The molecule has 122 valence electrons. The zero-order valence-corrected chi connectivity index (χ0v) is 13.7. The van der Waals surface area contributed by atoms with E-state index < -0.39 is 0 Å². The summed E-state index contributed by atoms with van der Waals surface area (Å²) in [6.45, 7) is 2.69. The number of ketones is 1. The summed E-state index contributed by atoms with van der Waals surface area (Å²) in [7, 11) is 4.64. The van der Waals surface area contributed by atoms with Crippen molar-refractivity contribution in [1.29, 1.82) is 0 Å². The molecule has 2 aromatic rings. The van der Waals surface area contributed by atoms with Gasteiger partial charge in [0.15, 0.2) is 11.5 Å². The van der Waals surface area contributed by atoms with Gasteiger partial charge in [-0.15, -0.1) is 0 Å². The van der Waals surface area contributed by atoms with E-state index >= 15 is 0 Å². The summed E-state index contributed by atoms with van der Waals surface area (Å²) in [5, 5.41) is 4.18. The van der Waals surface area contributed by atoms with Crippen LogP contribution in [0.2, 0.25) is 0 Å². The smallest absolute Gasteiger partial charge is 0.206 e. The molecule has 0 aliphatic carbocycles. The van der Waals surface area contributed by atoms with Gasteiger partial charge in [0.2, 0.25) is 11.5 Å². The highest BCUT2D eigenvalue weighted by Crippen LogP contribution is 2.40. The van der Waals surface area contributed by atoms with Gasteiger partial charge >= 0.3 is 0 Å². The van der Waals surface area contributed by atoms with Gasteiger partial charge in [0, 0.05) is 18.3 Å². The summed E-state index contributed by atoms with van der Waals surface area (Å²) in [5.74, 6) is 1.39. The first kappa shape index (κ1) is 16.6. The summed E-state index contributed by atoms with van der Waals surface area (Å²) < 4.78 is 17.6. The number of aryl methyl sites for hydroxylation is 1. The van der Waals surface area contributed by atoms with E-state index in [1.807, 2.05) is 6.92 Å². The van der Waals surface area contributed by atoms with E-state index in [4.69, 9.17) is 14.2 Å². The van der Waals surface area contributed by atoms with Crippen LogP contribution < -0.4 is 14.2 Å². The predicted octanol–water partition coefficient (Wildman–Crippen LogP) is 2.82. The summed E-state index contributed by atoms with van der Waals surface area (Å²) in [6.07, 6.45) is 4.91. The zero-order chi connectivity index (χ0) is 16.8. The Kier molecular flexibility index (Phi) is 5.41. The van der Waals surface area contributed by atoms with Crippen LogP contribution in [0.3, 0.4) is 0 Å². The number of allylic oxidation sites excluding steroid dienone is 1. The molecule has 0 spiro atoms. The first-order valence-corrected chi connectivity index (χ1v) is 7.19. The van der Waals surface area contributed by atoms with Crippen LogP contribution in [0.15, 0.2) is 30.5 Å². The molecule has 0 fully saturated rings. The summed E-state index contributed by atoms with van der Waals surface area (Å²) in [6, 6.07) is 5.26. The van der Waals surface area contributed by atoms with Crippen LogP contribution in [0.25, 0.3) is 6.08 Å². The fourth-order valence-electron chi connectivity index (χ4n) is 2.18. The molecule has 0 saturated heterocycles. The van der Waals surface area contributed by atoms with Crippen LogP contribution in [0, 0.1) is 0 Å². The van der Waals surface area contributed by atoms with E-state index in [0.717, 1.165) is 6.54 Å². The Bertz CT molecular complexity index is 719. The number of hydrogen-bond acceptors (Lipinski definition) is 5. The minimum absolute atomic E-state index is 0.172. The van der Waals surface area contributed by atoms with Crippen LogP contribution in [-0.2, 0) is 6.54 Å². The topological polar surface area (TPSA) is 62.6 Å². The van der Waals surface area contributed by atoms with E-state index in [9.17, 15) is 4.79 Å². The third-order valence-corrected chi connectivity index (χ3v) is 3.37. The maximum atomic E-state index is 12.2. The second kappa shape index (κ2) is 7.49. The molecule has 0 aliphatic rings. The zero-order valence-electron chi connectivity index (χ0n) is 13.7. The van der Waals surface area contributed by atoms with Gasteiger partial charge < -0.3 is 14.2 Å². The monoisotopic (exact) mass is 316 g/mol. The van der Waals surface area contributed by atoms with Crippen LogP contribution in [0.5, 0.6) is 17.2 Å². The first-order chi connectivity index (χ1) is 11.1. The average molecular weight is 316 g/mol. The normalized spacial score (nSPS) is 10.8. The fourth-order valence-corrected chi connectivity index (χ4v) is 2.18. The van der Waals surface area contributed by atoms with Crippen molar-refractivity contribution in [2.45, 2.75) is 13.5 Å². The molecule has 6 nitrogen and oxygen atoms in total. The number of hydrogen-bond donors (Lipinski definition) is 0. The number of methoxy groups -OCH3 is 3. The third kappa shape index (κ3) is 3.53. The van der Waals surface area contributed by atoms with Crippen molar-refractivity contribution in [3.05, 3.63) is 41.7 Å². The Morgan fingerprint density at radius 2 is 1.87 bits per heavy atom. The van der Waals surface area contributed by atoms with Crippen molar-refractivity contribution in [2.75, 3.05) is 21.3 Å². The first-order valence-electron chi connectivity index (χ1n) is 7.19.